The lowest BCUT2D eigenvalue weighted by molar-refractivity contribution is -0.142. The van der Waals surface area contributed by atoms with E-state index in [-0.39, 0.29) is 17.2 Å². The number of hydrogen-bond donors (Lipinski definition) is 1. The molecule has 1 N–H and O–H groups in total. The Hall–Kier alpha value is -3.30. The number of thiophene rings is 1. The predicted octanol–water partition coefficient (Wildman–Crippen LogP) is 8.41. The number of aryl methyl sites for hydroxylation is 1. The van der Waals surface area contributed by atoms with E-state index in [0.717, 1.165) is 28.0 Å². The van der Waals surface area contributed by atoms with Gasteiger partial charge in [0.15, 0.2) is 5.78 Å². The molecule has 0 aliphatic carbocycles. The summed E-state index contributed by atoms with van der Waals surface area (Å²) in [6.45, 7) is 4.08. The second-order valence-corrected chi connectivity index (χ2v) is 12.4. The van der Waals surface area contributed by atoms with E-state index in [9.17, 15) is 19.5 Å². The summed E-state index contributed by atoms with van der Waals surface area (Å²) in [5, 5.41) is 14.5. The number of ether oxygens (including phenoxy) is 1. The maximum absolute atomic E-state index is 12.7. The molecular weight excluding hydrogens is 613 g/mol. The topological polar surface area (TPSA) is 83.9 Å². The zero-order valence-electron chi connectivity index (χ0n) is 23.1. The van der Waals surface area contributed by atoms with Gasteiger partial charge in [-0.15, -0.1) is 23.1 Å². The summed E-state index contributed by atoms with van der Waals surface area (Å²) in [7, 11) is 3.03. The fraction of sp³-hybridized carbons (Fsp3) is 0.219. The Morgan fingerprint density at radius 1 is 1.10 bits per heavy atom. The third-order valence-corrected chi connectivity index (χ3v) is 9.27. The molecule has 0 bridgehead atoms. The first-order valence-corrected chi connectivity index (χ1v) is 15.6. The van der Waals surface area contributed by atoms with Crippen LogP contribution in [0, 0.1) is 0 Å². The number of aromatic carboxylic acids is 1. The van der Waals surface area contributed by atoms with Gasteiger partial charge in [-0.25, -0.2) is 4.79 Å². The molecule has 0 spiro atoms. The fourth-order valence-corrected chi connectivity index (χ4v) is 6.95. The fourth-order valence-electron chi connectivity index (χ4n) is 4.62. The van der Waals surface area contributed by atoms with Crippen molar-refractivity contribution in [2.45, 2.75) is 25.2 Å². The normalized spacial score (nSPS) is 13.4. The van der Waals surface area contributed by atoms with E-state index in [1.807, 2.05) is 47.2 Å². The largest absolute Gasteiger partial charge is 0.477 e. The minimum atomic E-state index is -1.06. The highest BCUT2D eigenvalue weighted by Gasteiger charge is 2.28. The van der Waals surface area contributed by atoms with Crippen molar-refractivity contribution in [3.05, 3.63) is 109 Å². The van der Waals surface area contributed by atoms with Crippen molar-refractivity contribution >= 4 is 69.7 Å². The van der Waals surface area contributed by atoms with Gasteiger partial charge in [-0.05, 0) is 70.2 Å². The SMILES string of the molecule is C=C1C=CSC=C1C(=O)CCCc1ccc(-c2cc(N(C)CC(C(=O)OC)c3ccc(Cl)cc3Cl)c(C(=O)O)s2)cc1. The molecule has 218 valence electrons. The lowest BCUT2D eigenvalue weighted by atomic mass is 9.98. The number of ketones is 1. The average molecular weight is 643 g/mol. The van der Waals surface area contributed by atoms with Gasteiger partial charge in [0.2, 0.25) is 0 Å². The van der Waals surface area contributed by atoms with Crippen LogP contribution in [0.3, 0.4) is 0 Å². The van der Waals surface area contributed by atoms with Crippen LogP contribution in [0.5, 0.6) is 0 Å². The molecule has 4 rings (SSSR count). The van der Waals surface area contributed by atoms with Crippen LogP contribution >= 0.6 is 46.3 Å². The number of carboxylic acid groups (broad SMARTS) is 1. The number of esters is 1. The van der Waals surface area contributed by atoms with Crippen molar-refractivity contribution in [1.29, 1.82) is 0 Å². The summed E-state index contributed by atoms with van der Waals surface area (Å²) < 4.78 is 5.03. The Kier molecular flexibility index (Phi) is 10.7. The van der Waals surface area contributed by atoms with Crippen LogP contribution in [-0.2, 0) is 20.7 Å². The lowest BCUT2D eigenvalue weighted by Crippen LogP contribution is -2.30. The molecule has 1 unspecified atom stereocenters. The quantitative estimate of drug-likeness (QED) is 0.199. The van der Waals surface area contributed by atoms with E-state index in [0.29, 0.717) is 39.7 Å². The second-order valence-electron chi connectivity index (χ2n) is 9.72. The first-order valence-electron chi connectivity index (χ1n) is 13.0. The smallest absolute Gasteiger partial charge is 0.348 e. The van der Waals surface area contributed by atoms with Crippen molar-refractivity contribution in [3.8, 4) is 10.4 Å². The van der Waals surface area contributed by atoms with Crippen molar-refractivity contribution in [2.75, 3.05) is 25.6 Å². The molecule has 0 saturated carbocycles. The molecule has 1 aromatic heterocycles. The number of likely N-dealkylation sites (N-methyl/N-ethyl adjacent to an activating group) is 1. The van der Waals surface area contributed by atoms with Crippen LogP contribution in [0.2, 0.25) is 10.0 Å². The van der Waals surface area contributed by atoms with Gasteiger partial charge in [0, 0.05) is 40.5 Å². The van der Waals surface area contributed by atoms with E-state index in [1.165, 1.54) is 30.2 Å². The Bertz CT molecular complexity index is 1580. The first-order chi connectivity index (χ1) is 20.1. The van der Waals surface area contributed by atoms with Crippen molar-refractivity contribution in [2.24, 2.45) is 0 Å². The van der Waals surface area contributed by atoms with E-state index in [2.05, 4.69) is 6.58 Å². The van der Waals surface area contributed by atoms with Gasteiger partial charge in [-0.1, -0.05) is 60.1 Å². The number of Topliss-reactive ketones (excluding diaryl/α,β-unsaturated/α-hetero) is 1. The van der Waals surface area contributed by atoms with E-state index in [1.54, 1.807) is 30.1 Å². The maximum atomic E-state index is 12.7. The standard InChI is InChI=1S/C32H29Cl2NO5S2/c1-19-13-14-41-18-25(19)28(36)6-4-5-20-7-9-21(10-8-20)29-16-27(30(42-29)31(37)38)35(2)17-24(32(39)40-3)23-12-11-22(33)15-26(23)34/h7-16,18,24H,1,4-6,17H2,2-3H3,(H,37,38). The number of methoxy groups -OCH3 is 1. The number of thioether (sulfide) groups is 1. The maximum Gasteiger partial charge on any atom is 0.348 e. The molecule has 0 saturated heterocycles. The summed E-state index contributed by atoms with van der Waals surface area (Å²) in [6.07, 6.45) is 3.76. The molecule has 2 aromatic carbocycles. The van der Waals surface area contributed by atoms with Gasteiger partial charge >= 0.3 is 11.9 Å². The predicted molar refractivity (Wildman–Crippen MR) is 173 cm³/mol. The zero-order chi connectivity index (χ0) is 30.4. The van der Waals surface area contributed by atoms with Gasteiger partial charge in [-0.3, -0.25) is 9.59 Å². The lowest BCUT2D eigenvalue weighted by Gasteiger charge is -2.25. The molecule has 3 aromatic rings. The molecular formula is C32H29Cl2NO5S2. The van der Waals surface area contributed by atoms with Crippen LogP contribution in [0.4, 0.5) is 5.69 Å². The summed E-state index contributed by atoms with van der Waals surface area (Å²) in [5.41, 5.74) is 4.42. The third-order valence-electron chi connectivity index (χ3n) is 6.89. The van der Waals surface area contributed by atoms with Gasteiger partial charge in [-0.2, -0.15) is 0 Å². The van der Waals surface area contributed by atoms with Crippen molar-refractivity contribution in [1.82, 2.24) is 0 Å². The van der Waals surface area contributed by atoms with Crippen molar-refractivity contribution < 1.29 is 24.2 Å². The number of carbonyl (C=O) groups is 3. The Morgan fingerprint density at radius 3 is 2.48 bits per heavy atom. The van der Waals surface area contributed by atoms with E-state index >= 15 is 0 Å². The number of nitrogens with zero attached hydrogens (tertiary/aromatic N) is 1. The van der Waals surface area contributed by atoms with E-state index < -0.39 is 17.9 Å². The number of rotatable bonds is 12. The molecule has 0 amide bonds. The second kappa shape index (κ2) is 14.2. The molecule has 2 heterocycles. The van der Waals surface area contributed by atoms with Gasteiger partial charge in [0.25, 0.3) is 0 Å². The molecule has 1 atom stereocenters. The molecule has 0 radical (unpaired) electrons. The molecule has 0 fully saturated rings. The minimum Gasteiger partial charge on any atom is -0.477 e. The number of halogens is 2. The van der Waals surface area contributed by atoms with Gasteiger partial charge in [0.1, 0.15) is 10.8 Å². The number of benzene rings is 2. The highest BCUT2D eigenvalue weighted by Crippen LogP contribution is 2.38. The highest BCUT2D eigenvalue weighted by molar-refractivity contribution is 8.05. The van der Waals surface area contributed by atoms with Crippen LogP contribution in [0.25, 0.3) is 10.4 Å². The summed E-state index contributed by atoms with van der Waals surface area (Å²) in [5.74, 6) is -2.22. The van der Waals surface area contributed by atoms with Gasteiger partial charge in [0.05, 0.1) is 12.8 Å². The zero-order valence-corrected chi connectivity index (χ0v) is 26.2. The summed E-state index contributed by atoms with van der Waals surface area (Å²) in [6, 6.07) is 14.6. The molecule has 1 aliphatic heterocycles. The van der Waals surface area contributed by atoms with Crippen molar-refractivity contribution in [3.63, 3.8) is 0 Å². The Labute approximate surface area is 263 Å². The number of allylic oxidation sites excluding steroid dienone is 3. The monoisotopic (exact) mass is 641 g/mol. The van der Waals surface area contributed by atoms with Crippen LogP contribution in [-0.4, -0.2) is 43.5 Å². The molecule has 42 heavy (non-hydrogen) atoms. The molecule has 10 heteroatoms. The van der Waals surface area contributed by atoms with Crippen LogP contribution < -0.4 is 4.90 Å². The highest BCUT2D eigenvalue weighted by atomic mass is 35.5. The Morgan fingerprint density at radius 2 is 1.83 bits per heavy atom. The average Bonchev–Trinajstić information content (AvgIpc) is 3.43. The van der Waals surface area contributed by atoms with Gasteiger partial charge < -0.3 is 14.7 Å². The number of hydrogen-bond acceptors (Lipinski definition) is 7. The number of carbonyl (C=O) groups excluding carboxylic acids is 2. The summed E-state index contributed by atoms with van der Waals surface area (Å²) in [4.78, 5) is 40.1. The number of carboxylic acids is 1. The molecule has 1 aliphatic rings. The molecule has 6 nitrogen and oxygen atoms in total. The summed E-state index contributed by atoms with van der Waals surface area (Å²) >= 11 is 15.1. The van der Waals surface area contributed by atoms with Crippen LogP contribution in [0.15, 0.2) is 83.1 Å². The Balaban J connectivity index is 1.47. The van der Waals surface area contributed by atoms with Crippen LogP contribution in [0.1, 0.15) is 39.6 Å². The van der Waals surface area contributed by atoms with E-state index in [4.69, 9.17) is 27.9 Å². The minimum absolute atomic E-state index is 0.0951. The first kappa shape index (κ1) is 31.6. The number of anilines is 1. The third kappa shape index (κ3) is 7.55.